The number of allylic oxidation sites excluding steroid dienone is 4. The number of alkyl halides is 3. The zero-order chi connectivity index (χ0) is 29.3. The Morgan fingerprint density at radius 1 is 1.18 bits per heavy atom. The van der Waals surface area contributed by atoms with Crippen LogP contribution in [-0.2, 0) is 25.7 Å². The van der Waals surface area contributed by atoms with Crippen molar-refractivity contribution in [3.8, 4) is 0 Å². The molecule has 5 rings (SSSR count). The highest BCUT2D eigenvalue weighted by atomic mass is 35.5. The van der Waals surface area contributed by atoms with Gasteiger partial charge < -0.3 is 9.47 Å². The molecule has 9 heteroatoms. The third-order valence-corrected chi connectivity index (χ3v) is 12.6. The van der Waals surface area contributed by atoms with Crippen molar-refractivity contribution < 1.29 is 23.5 Å². The monoisotopic (exact) mass is 626 g/mol. The number of ketones is 1. The summed E-state index contributed by atoms with van der Waals surface area (Å²) in [6.45, 7) is 7.82. The van der Waals surface area contributed by atoms with E-state index in [1.807, 2.05) is 51.1 Å². The van der Waals surface area contributed by atoms with Gasteiger partial charge in [0.25, 0.3) is 0 Å². The summed E-state index contributed by atoms with van der Waals surface area (Å²) in [4.78, 5) is 24.3. The summed E-state index contributed by atoms with van der Waals surface area (Å²) in [5.74, 6) is -1.66. The third kappa shape index (κ3) is 3.99. The van der Waals surface area contributed by atoms with Crippen LogP contribution in [0.2, 0.25) is 0 Å². The Bertz CT molecular complexity index is 1300. The number of hydrogen-bond donors (Lipinski definition) is 0. The van der Waals surface area contributed by atoms with Gasteiger partial charge in [0.15, 0.2) is 11.4 Å². The van der Waals surface area contributed by atoms with Crippen LogP contribution in [0, 0.1) is 28.6 Å². The fraction of sp³-hybridized carbons (Fsp3) is 0.581. The van der Waals surface area contributed by atoms with Crippen molar-refractivity contribution in [2.45, 2.75) is 82.0 Å². The van der Waals surface area contributed by atoms with E-state index in [2.05, 4.69) is 0 Å². The zero-order valence-electron chi connectivity index (χ0n) is 23.0. The van der Waals surface area contributed by atoms with Crippen molar-refractivity contribution in [2.24, 2.45) is 28.6 Å². The molecule has 0 amide bonds. The molecule has 4 aliphatic rings. The zero-order valence-corrected chi connectivity index (χ0v) is 26.1. The summed E-state index contributed by atoms with van der Waals surface area (Å²) in [5.41, 5.74) is -1.98. The van der Waals surface area contributed by atoms with Gasteiger partial charge in [-0.1, -0.05) is 75.7 Å². The molecule has 0 N–H and O–H groups in total. The third-order valence-electron chi connectivity index (χ3n) is 10.3. The van der Waals surface area contributed by atoms with Gasteiger partial charge in [0.2, 0.25) is 5.05 Å². The van der Waals surface area contributed by atoms with Gasteiger partial charge in [0.05, 0.1) is 15.3 Å². The van der Waals surface area contributed by atoms with E-state index in [-0.39, 0.29) is 46.9 Å². The number of carbonyl (C=O) groups is 2. The topological polar surface area (TPSA) is 52.6 Å². The van der Waals surface area contributed by atoms with Crippen molar-refractivity contribution in [1.82, 2.24) is 0 Å². The minimum atomic E-state index is -1.47. The predicted octanol–water partition coefficient (Wildman–Crippen LogP) is 7.87. The normalized spacial score (nSPS) is 42.1. The molecule has 40 heavy (non-hydrogen) atoms. The number of fused-ring (bicyclic) bond motifs is 5. The smallest absolute Gasteiger partial charge is 0.306 e. The fourth-order valence-electron chi connectivity index (χ4n) is 8.33. The molecule has 1 aromatic rings. The first kappa shape index (κ1) is 30.0. The Hall–Kier alpha value is -1.47. The quantitative estimate of drug-likeness (QED) is 0.189. The van der Waals surface area contributed by atoms with Gasteiger partial charge in [-0.15, -0.1) is 23.2 Å². The first-order valence-corrected chi connectivity index (χ1v) is 15.4. The molecule has 4 nitrogen and oxygen atoms in total. The van der Waals surface area contributed by atoms with Gasteiger partial charge >= 0.3 is 5.97 Å². The van der Waals surface area contributed by atoms with E-state index in [0.717, 1.165) is 5.56 Å². The summed E-state index contributed by atoms with van der Waals surface area (Å²) in [5, 5.41) is -0.598. The van der Waals surface area contributed by atoms with Crippen LogP contribution in [0.25, 0.3) is 0 Å². The van der Waals surface area contributed by atoms with Gasteiger partial charge in [-0.3, -0.25) is 9.59 Å². The lowest BCUT2D eigenvalue weighted by atomic mass is 9.46. The van der Waals surface area contributed by atoms with Gasteiger partial charge in [-0.25, -0.2) is 4.39 Å². The minimum absolute atomic E-state index is 0.0530. The number of ether oxygens (including phenoxy) is 2. The number of thiocarbonyl (C=S) groups is 1. The van der Waals surface area contributed by atoms with Crippen molar-refractivity contribution in [3.05, 3.63) is 58.7 Å². The van der Waals surface area contributed by atoms with Crippen LogP contribution in [-0.4, -0.2) is 38.8 Å². The highest BCUT2D eigenvalue weighted by molar-refractivity contribution is 7.80. The number of hydrogen-bond acceptors (Lipinski definition) is 5. The highest BCUT2D eigenvalue weighted by Gasteiger charge is 2.77. The Morgan fingerprint density at radius 3 is 2.50 bits per heavy atom. The Labute approximate surface area is 255 Å². The molecule has 0 aliphatic heterocycles. The van der Waals surface area contributed by atoms with Crippen LogP contribution in [0.4, 0.5) is 4.39 Å². The maximum atomic E-state index is 16.1. The minimum Gasteiger partial charge on any atom is -0.479 e. The SMILES string of the molecule is CCC(=O)O[C@]1(C(=S)OCc2ccccc2)[C@H](C)C[C@H]2[C@@H]3C[C@H](F)C4=C(Cl)C(=O)C=C[C@]4(C)[C@@]3(Cl)[C@@H](Cl)C[C@@]21C. The summed E-state index contributed by atoms with van der Waals surface area (Å²) in [7, 11) is 0. The van der Waals surface area contributed by atoms with E-state index < -0.39 is 50.5 Å². The Balaban J connectivity index is 1.60. The number of halogens is 4. The molecule has 3 fully saturated rings. The molecule has 0 saturated heterocycles. The van der Waals surface area contributed by atoms with Crippen LogP contribution < -0.4 is 0 Å². The molecule has 9 atom stereocenters. The van der Waals surface area contributed by atoms with Crippen LogP contribution in [0.5, 0.6) is 0 Å². The fourth-order valence-corrected chi connectivity index (χ4v) is 10.4. The molecule has 0 aromatic heterocycles. The molecule has 216 valence electrons. The number of rotatable bonds is 5. The number of esters is 1. The summed E-state index contributed by atoms with van der Waals surface area (Å²) < 4.78 is 28.7. The van der Waals surface area contributed by atoms with E-state index >= 15 is 4.39 Å². The molecular weight excluding hydrogens is 594 g/mol. The van der Waals surface area contributed by atoms with Crippen molar-refractivity contribution in [3.63, 3.8) is 0 Å². The molecule has 0 unspecified atom stereocenters. The van der Waals surface area contributed by atoms with Crippen LogP contribution >= 0.6 is 47.0 Å². The molecule has 3 saturated carbocycles. The van der Waals surface area contributed by atoms with Gasteiger partial charge in [0.1, 0.15) is 12.8 Å². The van der Waals surface area contributed by atoms with Crippen LogP contribution in [0.1, 0.15) is 58.9 Å². The van der Waals surface area contributed by atoms with E-state index in [1.165, 1.54) is 6.08 Å². The van der Waals surface area contributed by atoms with Crippen LogP contribution in [0.3, 0.4) is 0 Å². The lowest BCUT2D eigenvalue weighted by molar-refractivity contribution is -0.174. The highest BCUT2D eigenvalue weighted by Crippen LogP contribution is 2.73. The summed E-state index contributed by atoms with van der Waals surface area (Å²) in [6.07, 6.45) is 2.73. The van der Waals surface area contributed by atoms with E-state index in [0.29, 0.717) is 12.8 Å². The van der Waals surface area contributed by atoms with Crippen LogP contribution in [0.15, 0.2) is 53.1 Å². The van der Waals surface area contributed by atoms with Crippen molar-refractivity contribution in [2.75, 3.05) is 0 Å². The molecule has 4 aliphatic carbocycles. The van der Waals surface area contributed by atoms with Gasteiger partial charge in [0, 0.05) is 23.2 Å². The Morgan fingerprint density at radius 2 is 1.85 bits per heavy atom. The molecular formula is C31H34Cl3FO4S. The van der Waals surface area contributed by atoms with E-state index in [1.54, 1.807) is 13.0 Å². The molecule has 0 bridgehead atoms. The second-order valence-electron chi connectivity index (χ2n) is 12.2. The average molecular weight is 628 g/mol. The standard InChI is InChI=1S/C31H34Cl3FO4S/c1-5-24(37)39-31(27(40)38-16-18-9-7-6-8-10-18)17(2)13-19-20-14-21(35)25-26(33)22(36)11-12-28(25,3)30(20,34)23(32)15-29(19,31)4/h6-12,17,19-21,23H,5,13-16H2,1-4H3/t17-,19+,20+,21+,23+,28+,29+,30+,31+/m1/s1. The molecule has 0 heterocycles. The number of benzene rings is 1. The molecule has 1 aromatic carbocycles. The summed E-state index contributed by atoms with van der Waals surface area (Å²) >= 11 is 27.3. The Kier molecular flexibility index (Phi) is 7.77. The van der Waals surface area contributed by atoms with Crippen molar-refractivity contribution >= 4 is 63.8 Å². The first-order chi connectivity index (χ1) is 18.8. The maximum absolute atomic E-state index is 16.1. The van der Waals surface area contributed by atoms with Crippen molar-refractivity contribution in [1.29, 1.82) is 0 Å². The van der Waals surface area contributed by atoms with Gasteiger partial charge in [-0.05, 0) is 60.5 Å². The molecule has 0 spiro atoms. The maximum Gasteiger partial charge on any atom is 0.306 e. The van der Waals surface area contributed by atoms with E-state index in [4.69, 9.17) is 56.5 Å². The summed E-state index contributed by atoms with van der Waals surface area (Å²) in [6, 6.07) is 9.64. The van der Waals surface area contributed by atoms with Gasteiger partial charge in [-0.2, -0.15) is 0 Å². The second-order valence-corrected chi connectivity index (χ2v) is 14.1. The largest absolute Gasteiger partial charge is 0.479 e. The second kappa shape index (κ2) is 10.4. The lowest BCUT2D eigenvalue weighted by Crippen LogP contribution is -2.69. The first-order valence-electron chi connectivity index (χ1n) is 13.8. The predicted molar refractivity (Wildman–Crippen MR) is 159 cm³/mol. The average Bonchev–Trinajstić information content (AvgIpc) is 3.14. The number of carbonyl (C=O) groups excluding carboxylic acids is 2. The van der Waals surface area contributed by atoms with E-state index in [9.17, 15) is 9.59 Å². The molecule has 0 radical (unpaired) electrons. The lowest BCUT2D eigenvalue weighted by Gasteiger charge is -2.64.